The SMILES string of the molecule is CCc1cc(Oc2ccc(Cc3ccc(Oc4cc(CC)c(N)c(CC)c4Cl)cc3)cc2)c(Cl)c(CC)c1N. The molecule has 4 aromatic rings. The van der Waals surface area contributed by atoms with Crippen LogP contribution in [0.4, 0.5) is 11.4 Å². The van der Waals surface area contributed by atoms with E-state index in [0.29, 0.717) is 21.5 Å². The monoisotopic (exact) mass is 562 g/mol. The van der Waals surface area contributed by atoms with Crippen LogP contribution in [0.3, 0.4) is 0 Å². The Bertz CT molecular complexity index is 1340. The number of ether oxygens (including phenoxy) is 2. The quantitative estimate of drug-likeness (QED) is 0.189. The Morgan fingerprint density at radius 1 is 0.564 bits per heavy atom. The lowest BCUT2D eigenvalue weighted by molar-refractivity contribution is 0.481. The van der Waals surface area contributed by atoms with Gasteiger partial charge >= 0.3 is 0 Å². The topological polar surface area (TPSA) is 70.5 Å². The number of anilines is 2. The Morgan fingerprint density at radius 2 is 0.923 bits per heavy atom. The molecule has 0 fully saturated rings. The second-order valence-corrected chi connectivity index (χ2v) is 10.3. The highest BCUT2D eigenvalue weighted by Gasteiger charge is 2.16. The molecule has 0 aromatic heterocycles. The van der Waals surface area contributed by atoms with Gasteiger partial charge in [0.2, 0.25) is 0 Å². The van der Waals surface area contributed by atoms with Gasteiger partial charge in [-0.2, -0.15) is 0 Å². The molecule has 0 amide bonds. The van der Waals surface area contributed by atoms with Gasteiger partial charge in [0.15, 0.2) is 0 Å². The molecule has 0 heterocycles. The van der Waals surface area contributed by atoms with Gasteiger partial charge in [-0.25, -0.2) is 0 Å². The van der Waals surface area contributed by atoms with Crippen LogP contribution in [0.2, 0.25) is 10.0 Å². The van der Waals surface area contributed by atoms with E-state index in [1.807, 2.05) is 50.2 Å². The Hall–Kier alpha value is -3.34. The molecule has 0 aliphatic heterocycles. The molecule has 6 heteroatoms. The van der Waals surface area contributed by atoms with Gasteiger partial charge in [0.1, 0.15) is 23.0 Å². The predicted octanol–water partition coefficient (Wildman–Crippen LogP) is 9.58. The minimum Gasteiger partial charge on any atom is -0.456 e. The number of nitrogen functional groups attached to an aromatic ring is 2. The van der Waals surface area contributed by atoms with Crippen LogP contribution in [0.1, 0.15) is 61.1 Å². The average Bonchev–Trinajstić information content (AvgIpc) is 2.94. The summed E-state index contributed by atoms with van der Waals surface area (Å²) < 4.78 is 12.3. The van der Waals surface area contributed by atoms with Crippen molar-refractivity contribution in [2.45, 2.75) is 59.8 Å². The van der Waals surface area contributed by atoms with E-state index in [4.69, 9.17) is 44.1 Å². The first-order chi connectivity index (χ1) is 18.8. The maximum Gasteiger partial charge on any atom is 0.146 e. The van der Waals surface area contributed by atoms with Crippen LogP contribution in [0.15, 0.2) is 60.7 Å². The first-order valence-electron chi connectivity index (χ1n) is 13.5. The van der Waals surface area contributed by atoms with E-state index < -0.39 is 0 Å². The summed E-state index contributed by atoms with van der Waals surface area (Å²) in [6.07, 6.45) is 3.93. The normalized spacial score (nSPS) is 11.0. The summed E-state index contributed by atoms with van der Waals surface area (Å²) in [5.74, 6) is 2.75. The molecule has 0 saturated carbocycles. The molecule has 4 aromatic carbocycles. The highest BCUT2D eigenvalue weighted by molar-refractivity contribution is 6.33. The van der Waals surface area contributed by atoms with E-state index in [0.717, 1.165) is 77.2 Å². The van der Waals surface area contributed by atoms with Crippen molar-refractivity contribution >= 4 is 34.6 Å². The Morgan fingerprint density at radius 3 is 1.23 bits per heavy atom. The lowest BCUT2D eigenvalue weighted by Crippen LogP contribution is -2.01. The van der Waals surface area contributed by atoms with Crippen molar-refractivity contribution in [2.24, 2.45) is 0 Å². The zero-order valence-corrected chi connectivity index (χ0v) is 24.5. The largest absolute Gasteiger partial charge is 0.456 e. The third-order valence-electron chi connectivity index (χ3n) is 7.09. The molecule has 0 unspecified atom stereocenters. The zero-order chi connectivity index (χ0) is 28.1. The number of rotatable bonds is 10. The van der Waals surface area contributed by atoms with Crippen molar-refractivity contribution in [3.63, 3.8) is 0 Å². The van der Waals surface area contributed by atoms with Crippen LogP contribution in [-0.2, 0) is 32.1 Å². The van der Waals surface area contributed by atoms with E-state index in [1.165, 1.54) is 11.1 Å². The Balaban J connectivity index is 1.45. The average molecular weight is 564 g/mol. The molecule has 0 aliphatic carbocycles. The van der Waals surface area contributed by atoms with Crippen molar-refractivity contribution in [3.05, 3.63) is 104 Å². The molecule has 0 aliphatic rings. The van der Waals surface area contributed by atoms with Gasteiger partial charge in [-0.15, -0.1) is 0 Å². The van der Waals surface area contributed by atoms with Gasteiger partial charge in [0, 0.05) is 11.4 Å². The minimum atomic E-state index is 0.579. The lowest BCUT2D eigenvalue weighted by atomic mass is 10.0. The van der Waals surface area contributed by atoms with E-state index in [-0.39, 0.29) is 0 Å². The summed E-state index contributed by atoms with van der Waals surface area (Å²) in [4.78, 5) is 0. The zero-order valence-electron chi connectivity index (χ0n) is 23.0. The van der Waals surface area contributed by atoms with Crippen LogP contribution < -0.4 is 20.9 Å². The fourth-order valence-corrected chi connectivity index (χ4v) is 5.44. The fraction of sp³-hybridized carbons (Fsp3) is 0.273. The number of halogens is 2. The van der Waals surface area contributed by atoms with Crippen LogP contribution in [-0.4, -0.2) is 0 Å². The molecule has 39 heavy (non-hydrogen) atoms. The van der Waals surface area contributed by atoms with Crippen LogP contribution in [0.5, 0.6) is 23.0 Å². The molecule has 0 radical (unpaired) electrons. The summed E-state index contributed by atoms with van der Waals surface area (Å²) in [6, 6.07) is 20.0. The van der Waals surface area contributed by atoms with E-state index in [2.05, 4.69) is 38.1 Å². The van der Waals surface area contributed by atoms with Crippen LogP contribution >= 0.6 is 23.2 Å². The third kappa shape index (κ3) is 6.29. The minimum absolute atomic E-state index is 0.579. The highest BCUT2D eigenvalue weighted by Crippen LogP contribution is 2.39. The third-order valence-corrected chi connectivity index (χ3v) is 7.92. The molecule has 204 valence electrons. The predicted molar refractivity (Wildman–Crippen MR) is 165 cm³/mol. The molecule has 0 spiro atoms. The molecule has 0 bridgehead atoms. The van der Waals surface area contributed by atoms with E-state index in [1.54, 1.807) is 0 Å². The highest BCUT2D eigenvalue weighted by atomic mass is 35.5. The smallest absolute Gasteiger partial charge is 0.146 e. The lowest BCUT2D eigenvalue weighted by Gasteiger charge is -2.16. The van der Waals surface area contributed by atoms with Gasteiger partial charge in [-0.05, 0) is 102 Å². The summed E-state index contributed by atoms with van der Waals surface area (Å²) in [5.41, 5.74) is 20.4. The first kappa shape index (κ1) is 28.7. The summed E-state index contributed by atoms with van der Waals surface area (Å²) >= 11 is 13.2. The van der Waals surface area contributed by atoms with Crippen LogP contribution in [0, 0.1) is 0 Å². The standard InChI is InChI=1S/C33H36Cl2N2O2/c1-5-22-18-28(30(34)26(7-3)32(22)36)38-24-13-9-20(10-14-24)17-21-11-15-25(16-12-21)39-29-19-23(6-2)33(37)27(8-4)31(29)35/h9-16,18-19H,5-8,17,36-37H2,1-4H3. The maximum absolute atomic E-state index is 6.61. The second kappa shape index (κ2) is 12.7. The van der Waals surface area contributed by atoms with Crippen molar-refractivity contribution in [1.82, 2.24) is 0 Å². The Labute approximate surface area is 241 Å². The van der Waals surface area contributed by atoms with Gasteiger partial charge < -0.3 is 20.9 Å². The number of nitrogens with two attached hydrogens (primary N) is 2. The van der Waals surface area contributed by atoms with Gasteiger partial charge in [-0.1, -0.05) is 75.2 Å². The van der Waals surface area contributed by atoms with Gasteiger partial charge in [0.25, 0.3) is 0 Å². The van der Waals surface area contributed by atoms with Crippen molar-refractivity contribution in [1.29, 1.82) is 0 Å². The van der Waals surface area contributed by atoms with Gasteiger partial charge in [-0.3, -0.25) is 0 Å². The summed E-state index contributed by atoms with van der Waals surface area (Å²) in [6.45, 7) is 8.25. The first-order valence-corrected chi connectivity index (χ1v) is 14.3. The molecule has 4 nitrogen and oxygen atoms in total. The summed E-state index contributed by atoms with van der Waals surface area (Å²) in [7, 11) is 0. The van der Waals surface area contributed by atoms with E-state index >= 15 is 0 Å². The van der Waals surface area contributed by atoms with Crippen LogP contribution in [0.25, 0.3) is 0 Å². The Kier molecular flexibility index (Phi) is 9.32. The number of hydrogen-bond donors (Lipinski definition) is 2. The second-order valence-electron chi connectivity index (χ2n) is 9.56. The molecular weight excluding hydrogens is 527 g/mol. The molecule has 0 atom stereocenters. The molecule has 0 saturated heterocycles. The van der Waals surface area contributed by atoms with Crippen molar-refractivity contribution < 1.29 is 9.47 Å². The summed E-state index contributed by atoms with van der Waals surface area (Å²) in [5, 5.41) is 1.16. The number of benzene rings is 4. The fourth-order valence-electron chi connectivity index (χ4n) is 4.79. The van der Waals surface area contributed by atoms with E-state index in [9.17, 15) is 0 Å². The molecular formula is C33H36Cl2N2O2. The molecule has 4 N–H and O–H groups in total. The van der Waals surface area contributed by atoms with Crippen molar-refractivity contribution in [2.75, 3.05) is 11.5 Å². The molecule has 4 rings (SSSR count). The van der Waals surface area contributed by atoms with Crippen molar-refractivity contribution in [3.8, 4) is 23.0 Å². The number of hydrogen-bond acceptors (Lipinski definition) is 4. The number of aryl methyl sites for hydroxylation is 2. The maximum atomic E-state index is 6.61. The van der Waals surface area contributed by atoms with Gasteiger partial charge in [0.05, 0.1) is 10.0 Å².